The second kappa shape index (κ2) is 5.54. The quantitative estimate of drug-likeness (QED) is 0.940. The predicted molar refractivity (Wildman–Crippen MR) is 80.6 cm³/mol. The van der Waals surface area contributed by atoms with E-state index in [4.69, 9.17) is 4.74 Å². The van der Waals surface area contributed by atoms with Crippen molar-refractivity contribution in [2.75, 3.05) is 7.11 Å². The van der Waals surface area contributed by atoms with Gasteiger partial charge in [-0.2, -0.15) is 0 Å². The van der Waals surface area contributed by atoms with Crippen molar-refractivity contribution in [2.45, 2.75) is 12.0 Å². The van der Waals surface area contributed by atoms with Gasteiger partial charge in [0.1, 0.15) is 11.9 Å². The van der Waals surface area contributed by atoms with Gasteiger partial charge in [-0.3, -0.25) is 4.79 Å². The zero-order chi connectivity index (χ0) is 14.8. The van der Waals surface area contributed by atoms with E-state index in [0.717, 1.165) is 11.1 Å². The van der Waals surface area contributed by atoms with Crippen LogP contribution in [0.1, 0.15) is 17.0 Å². The van der Waals surface area contributed by atoms with Crippen LogP contribution in [0, 0.1) is 0 Å². The molecular formula is C18H16O3. The van der Waals surface area contributed by atoms with Crippen molar-refractivity contribution >= 4 is 11.4 Å². The number of ketones is 1. The van der Waals surface area contributed by atoms with Gasteiger partial charge in [-0.1, -0.05) is 60.7 Å². The van der Waals surface area contributed by atoms with E-state index in [-0.39, 0.29) is 5.78 Å². The second-order valence-electron chi connectivity index (χ2n) is 5.01. The van der Waals surface area contributed by atoms with Crippen LogP contribution in [0.2, 0.25) is 0 Å². The summed E-state index contributed by atoms with van der Waals surface area (Å²) in [5, 5.41) is 10.5. The van der Waals surface area contributed by atoms with Crippen LogP contribution in [-0.2, 0) is 9.53 Å². The van der Waals surface area contributed by atoms with E-state index >= 15 is 0 Å². The van der Waals surface area contributed by atoms with Gasteiger partial charge in [0.05, 0.1) is 18.6 Å². The summed E-state index contributed by atoms with van der Waals surface area (Å²) in [4.78, 5) is 12.8. The minimum Gasteiger partial charge on any atom is -0.498 e. The van der Waals surface area contributed by atoms with E-state index in [1.165, 1.54) is 7.11 Å². The molecule has 2 aromatic carbocycles. The van der Waals surface area contributed by atoms with Crippen molar-refractivity contribution in [1.82, 2.24) is 0 Å². The number of hydrogen-bond acceptors (Lipinski definition) is 3. The van der Waals surface area contributed by atoms with E-state index in [1.54, 1.807) is 0 Å². The molecule has 0 radical (unpaired) electrons. The van der Waals surface area contributed by atoms with Gasteiger partial charge in [-0.25, -0.2) is 0 Å². The molecule has 0 fully saturated rings. The molecule has 1 aliphatic carbocycles. The molecule has 0 saturated heterocycles. The molecule has 0 spiro atoms. The van der Waals surface area contributed by atoms with Crippen molar-refractivity contribution in [2.24, 2.45) is 0 Å². The Bertz CT molecular complexity index is 674. The number of methoxy groups -OCH3 is 1. The number of carbonyl (C=O) groups is 1. The standard InChI is InChI=1S/C18H16O3/c1-21-18-15(13-10-6-3-7-11-13)16(19)14(17(18)20)12-8-4-2-5-9-12/h2-11,14,17,20H,1H3/t14-,17-/m0/s1. The molecule has 0 aromatic heterocycles. The minimum atomic E-state index is -0.944. The van der Waals surface area contributed by atoms with E-state index < -0.39 is 12.0 Å². The third-order valence-corrected chi connectivity index (χ3v) is 3.80. The molecule has 0 amide bonds. The molecule has 3 nitrogen and oxygen atoms in total. The molecule has 0 unspecified atom stereocenters. The number of allylic oxidation sites excluding steroid dienone is 1. The molecule has 1 N–H and O–H groups in total. The fourth-order valence-electron chi connectivity index (χ4n) is 2.83. The topological polar surface area (TPSA) is 46.5 Å². The van der Waals surface area contributed by atoms with E-state index in [0.29, 0.717) is 11.3 Å². The summed E-state index contributed by atoms with van der Waals surface area (Å²) < 4.78 is 5.32. The van der Waals surface area contributed by atoms with Crippen molar-refractivity contribution in [3.63, 3.8) is 0 Å². The number of aliphatic hydroxyl groups excluding tert-OH is 1. The lowest BCUT2D eigenvalue weighted by molar-refractivity contribution is -0.115. The number of ether oxygens (including phenoxy) is 1. The minimum absolute atomic E-state index is 0.100. The van der Waals surface area contributed by atoms with Crippen LogP contribution < -0.4 is 0 Å². The molecule has 1 aliphatic rings. The van der Waals surface area contributed by atoms with Gasteiger partial charge in [0.25, 0.3) is 0 Å². The van der Waals surface area contributed by atoms with Crippen LogP contribution in [0.5, 0.6) is 0 Å². The second-order valence-corrected chi connectivity index (χ2v) is 5.01. The third kappa shape index (κ3) is 2.26. The Balaban J connectivity index is 2.08. The first-order valence-corrected chi connectivity index (χ1v) is 6.85. The van der Waals surface area contributed by atoms with Gasteiger partial charge < -0.3 is 9.84 Å². The summed E-state index contributed by atoms with van der Waals surface area (Å²) in [5.74, 6) is -0.354. The number of benzene rings is 2. The molecule has 0 bridgehead atoms. The normalized spacial score (nSPS) is 21.7. The molecule has 2 aromatic rings. The average molecular weight is 280 g/mol. The molecular weight excluding hydrogens is 264 g/mol. The zero-order valence-electron chi connectivity index (χ0n) is 11.7. The predicted octanol–water partition coefficient (Wildman–Crippen LogP) is 2.77. The van der Waals surface area contributed by atoms with Crippen LogP contribution in [0.4, 0.5) is 0 Å². The lowest BCUT2D eigenvalue weighted by Gasteiger charge is -2.15. The molecule has 3 rings (SSSR count). The fraction of sp³-hybridized carbons (Fsp3) is 0.167. The maximum absolute atomic E-state index is 12.8. The number of aliphatic hydroxyl groups is 1. The van der Waals surface area contributed by atoms with Crippen molar-refractivity contribution in [1.29, 1.82) is 0 Å². The van der Waals surface area contributed by atoms with Gasteiger partial charge in [-0.05, 0) is 11.1 Å². The van der Waals surface area contributed by atoms with Crippen LogP contribution in [0.15, 0.2) is 66.4 Å². The Labute approximate surface area is 123 Å². The van der Waals surface area contributed by atoms with Crippen LogP contribution in [0.25, 0.3) is 5.57 Å². The first kappa shape index (κ1) is 13.6. The maximum Gasteiger partial charge on any atom is 0.177 e. The number of carbonyl (C=O) groups excluding carboxylic acids is 1. The SMILES string of the molecule is COC1=C(c2ccccc2)C(=O)[C@H](c2ccccc2)[C@@H]1O. The molecule has 0 saturated carbocycles. The largest absolute Gasteiger partial charge is 0.498 e. The smallest absolute Gasteiger partial charge is 0.177 e. The molecule has 3 heteroatoms. The Morgan fingerprint density at radius 2 is 1.52 bits per heavy atom. The Morgan fingerprint density at radius 3 is 2.10 bits per heavy atom. The van der Waals surface area contributed by atoms with Gasteiger partial charge in [0, 0.05) is 0 Å². The fourth-order valence-corrected chi connectivity index (χ4v) is 2.83. The zero-order valence-corrected chi connectivity index (χ0v) is 11.7. The van der Waals surface area contributed by atoms with Gasteiger partial charge in [0.2, 0.25) is 0 Å². The monoisotopic (exact) mass is 280 g/mol. The third-order valence-electron chi connectivity index (χ3n) is 3.80. The van der Waals surface area contributed by atoms with E-state index in [9.17, 15) is 9.90 Å². The number of rotatable bonds is 3. The highest BCUT2D eigenvalue weighted by molar-refractivity contribution is 6.27. The van der Waals surface area contributed by atoms with Crippen molar-refractivity contribution < 1.29 is 14.6 Å². The maximum atomic E-state index is 12.8. The van der Waals surface area contributed by atoms with E-state index in [1.807, 2.05) is 60.7 Å². The first-order chi connectivity index (χ1) is 10.2. The van der Waals surface area contributed by atoms with E-state index in [2.05, 4.69) is 0 Å². The van der Waals surface area contributed by atoms with Crippen LogP contribution in [-0.4, -0.2) is 24.1 Å². The summed E-state index contributed by atoms with van der Waals surface area (Å²) in [5.41, 5.74) is 2.05. The summed E-state index contributed by atoms with van der Waals surface area (Å²) >= 11 is 0. The Morgan fingerprint density at radius 1 is 0.952 bits per heavy atom. The summed E-state index contributed by atoms with van der Waals surface area (Å²) in [6.07, 6.45) is -0.944. The lowest BCUT2D eigenvalue weighted by Crippen LogP contribution is -2.20. The summed E-state index contributed by atoms with van der Waals surface area (Å²) in [7, 11) is 1.49. The van der Waals surface area contributed by atoms with Crippen LogP contribution in [0.3, 0.4) is 0 Å². The molecule has 0 heterocycles. The highest BCUT2D eigenvalue weighted by atomic mass is 16.5. The molecule has 2 atom stereocenters. The summed E-state index contributed by atoms with van der Waals surface area (Å²) in [6.45, 7) is 0. The summed E-state index contributed by atoms with van der Waals surface area (Å²) in [6, 6.07) is 18.7. The van der Waals surface area contributed by atoms with Gasteiger partial charge in [0.15, 0.2) is 5.78 Å². The number of hydrogen-bond donors (Lipinski definition) is 1. The Kier molecular flexibility index (Phi) is 3.59. The van der Waals surface area contributed by atoms with Gasteiger partial charge >= 0.3 is 0 Å². The lowest BCUT2D eigenvalue weighted by atomic mass is 9.91. The first-order valence-electron chi connectivity index (χ1n) is 6.85. The van der Waals surface area contributed by atoms with Crippen molar-refractivity contribution in [3.05, 3.63) is 77.5 Å². The molecule has 0 aliphatic heterocycles. The molecule has 21 heavy (non-hydrogen) atoms. The highest BCUT2D eigenvalue weighted by Gasteiger charge is 2.43. The Hall–Kier alpha value is -2.39. The van der Waals surface area contributed by atoms with Crippen LogP contribution >= 0.6 is 0 Å². The molecule has 106 valence electrons. The van der Waals surface area contributed by atoms with Crippen molar-refractivity contribution in [3.8, 4) is 0 Å². The highest BCUT2D eigenvalue weighted by Crippen LogP contribution is 2.40. The average Bonchev–Trinajstić information content (AvgIpc) is 2.79. The number of Topliss-reactive ketones (excluding diaryl/α,β-unsaturated/α-hetero) is 1. The van der Waals surface area contributed by atoms with Gasteiger partial charge in [-0.15, -0.1) is 0 Å².